The first-order chi connectivity index (χ1) is 7.59. The van der Waals surface area contributed by atoms with E-state index in [1.807, 2.05) is 6.92 Å². The van der Waals surface area contributed by atoms with E-state index in [1.54, 1.807) is 0 Å². The molecule has 0 amide bonds. The van der Waals surface area contributed by atoms with Crippen molar-refractivity contribution in [3.05, 3.63) is 35.4 Å². The third kappa shape index (κ3) is 2.20. The molecule has 0 aliphatic carbocycles. The van der Waals surface area contributed by atoms with Crippen molar-refractivity contribution in [2.24, 2.45) is 5.92 Å². The summed E-state index contributed by atoms with van der Waals surface area (Å²) in [5, 5.41) is -0.326. The van der Waals surface area contributed by atoms with E-state index in [1.165, 1.54) is 6.07 Å². The van der Waals surface area contributed by atoms with E-state index in [0.29, 0.717) is 12.2 Å². The number of hydrogen-bond donors (Lipinski definition) is 0. The van der Waals surface area contributed by atoms with Crippen LogP contribution in [0.15, 0.2) is 18.2 Å². The first-order valence-corrected chi connectivity index (χ1v) is 5.74. The quantitative estimate of drug-likeness (QED) is 0.724. The number of ether oxygens (including phenoxy) is 1. The summed E-state index contributed by atoms with van der Waals surface area (Å²) in [5.74, 6) is -1.54. The van der Waals surface area contributed by atoms with E-state index in [4.69, 9.17) is 16.3 Å². The van der Waals surface area contributed by atoms with E-state index in [0.717, 1.165) is 18.6 Å². The minimum Gasteiger partial charge on any atom is -0.378 e. The molecule has 3 atom stereocenters. The van der Waals surface area contributed by atoms with E-state index >= 15 is 0 Å². The lowest BCUT2D eigenvalue weighted by molar-refractivity contribution is 0.105. The van der Waals surface area contributed by atoms with E-state index < -0.39 is 11.6 Å². The predicted octanol–water partition coefficient (Wildman–Crippen LogP) is 3.67. The topological polar surface area (TPSA) is 9.23 Å². The standard InChI is InChI=1S/C12H13ClF2O/c1-7-9(4-5-16-7)12(13)8-2-3-10(14)11(15)6-8/h2-3,6-7,9,12H,4-5H2,1H3. The summed E-state index contributed by atoms with van der Waals surface area (Å²) in [7, 11) is 0. The van der Waals surface area contributed by atoms with Crippen LogP contribution >= 0.6 is 11.6 Å². The van der Waals surface area contributed by atoms with Gasteiger partial charge < -0.3 is 4.74 Å². The van der Waals surface area contributed by atoms with Crippen LogP contribution in [0.25, 0.3) is 0 Å². The van der Waals surface area contributed by atoms with Gasteiger partial charge in [-0.1, -0.05) is 6.07 Å². The SMILES string of the molecule is CC1OCCC1C(Cl)c1ccc(F)c(F)c1. The van der Waals surface area contributed by atoms with Gasteiger partial charge in [-0.15, -0.1) is 11.6 Å². The van der Waals surface area contributed by atoms with Crippen molar-refractivity contribution in [1.82, 2.24) is 0 Å². The Bertz CT molecular complexity index is 383. The highest BCUT2D eigenvalue weighted by Gasteiger charge is 2.31. The molecule has 1 heterocycles. The van der Waals surface area contributed by atoms with Gasteiger partial charge >= 0.3 is 0 Å². The van der Waals surface area contributed by atoms with Crippen LogP contribution in [0.2, 0.25) is 0 Å². The van der Waals surface area contributed by atoms with Crippen LogP contribution in [0, 0.1) is 17.6 Å². The molecule has 2 rings (SSSR count). The smallest absolute Gasteiger partial charge is 0.159 e. The highest BCUT2D eigenvalue weighted by atomic mass is 35.5. The molecule has 0 saturated carbocycles. The van der Waals surface area contributed by atoms with Crippen LogP contribution in [-0.4, -0.2) is 12.7 Å². The predicted molar refractivity (Wildman–Crippen MR) is 58.5 cm³/mol. The van der Waals surface area contributed by atoms with Gasteiger partial charge in [-0.25, -0.2) is 8.78 Å². The van der Waals surface area contributed by atoms with Gasteiger partial charge in [0.05, 0.1) is 11.5 Å². The summed E-state index contributed by atoms with van der Waals surface area (Å²) >= 11 is 6.26. The van der Waals surface area contributed by atoms with Crippen molar-refractivity contribution < 1.29 is 13.5 Å². The number of halogens is 3. The first-order valence-electron chi connectivity index (χ1n) is 5.30. The Morgan fingerprint density at radius 1 is 1.38 bits per heavy atom. The zero-order valence-electron chi connectivity index (χ0n) is 8.92. The van der Waals surface area contributed by atoms with Crippen LogP contribution in [0.1, 0.15) is 24.3 Å². The maximum absolute atomic E-state index is 13.1. The monoisotopic (exact) mass is 246 g/mol. The van der Waals surface area contributed by atoms with Gasteiger partial charge in [-0.05, 0) is 31.0 Å². The summed E-state index contributed by atoms with van der Waals surface area (Å²) in [4.78, 5) is 0. The Hall–Kier alpha value is -0.670. The molecule has 0 aromatic heterocycles. The van der Waals surface area contributed by atoms with Gasteiger partial charge in [0.1, 0.15) is 0 Å². The van der Waals surface area contributed by atoms with Crippen molar-refractivity contribution in [3.8, 4) is 0 Å². The van der Waals surface area contributed by atoms with E-state index in [9.17, 15) is 8.78 Å². The molecule has 4 heteroatoms. The van der Waals surface area contributed by atoms with Gasteiger partial charge in [-0.2, -0.15) is 0 Å². The fourth-order valence-electron chi connectivity index (χ4n) is 2.06. The lowest BCUT2D eigenvalue weighted by Gasteiger charge is -2.20. The summed E-state index contributed by atoms with van der Waals surface area (Å²) in [5.41, 5.74) is 0.614. The lowest BCUT2D eigenvalue weighted by atomic mass is 9.93. The minimum atomic E-state index is -0.852. The first kappa shape index (κ1) is 11.8. The number of rotatable bonds is 2. The van der Waals surface area contributed by atoms with Crippen LogP contribution in [0.4, 0.5) is 8.78 Å². The van der Waals surface area contributed by atoms with Gasteiger partial charge in [0.15, 0.2) is 11.6 Å². The molecule has 0 radical (unpaired) electrons. The zero-order chi connectivity index (χ0) is 11.7. The zero-order valence-corrected chi connectivity index (χ0v) is 9.68. The fourth-order valence-corrected chi connectivity index (χ4v) is 2.53. The number of alkyl halides is 1. The largest absolute Gasteiger partial charge is 0.378 e. The Morgan fingerprint density at radius 3 is 2.69 bits per heavy atom. The van der Waals surface area contributed by atoms with Gasteiger partial charge in [0, 0.05) is 12.5 Å². The van der Waals surface area contributed by atoms with Crippen LogP contribution in [-0.2, 0) is 4.74 Å². The molecule has 1 fully saturated rings. The van der Waals surface area contributed by atoms with Crippen LogP contribution in [0.5, 0.6) is 0 Å². The molecular weight excluding hydrogens is 234 g/mol. The molecule has 0 N–H and O–H groups in total. The molecule has 1 aliphatic rings. The normalized spacial score (nSPS) is 27.0. The maximum Gasteiger partial charge on any atom is 0.159 e. The average molecular weight is 247 g/mol. The van der Waals surface area contributed by atoms with Crippen LogP contribution < -0.4 is 0 Å². The summed E-state index contributed by atoms with van der Waals surface area (Å²) in [6.45, 7) is 2.63. The molecule has 88 valence electrons. The lowest BCUT2D eigenvalue weighted by Crippen LogP contribution is -2.16. The maximum atomic E-state index is 13.1. The highest BCUT2D eigenvalue weighted by Crippen LogP contribution is 2.38. The minimum absolute atomic E-state index is 0.0654. The number of benzene rings is 1. The van der Waals surface area contributed by atoms with E-state index in [-0.39, 0.29) is 17.4 Å². The molecule has 16 heavy (non-hydrogen) atoms. The average Bonchev–Trinajstić information content (AvgIpc) is 2.67. The second kappa shape index (κ2) is 4.68. The number of hydrogen-bond acceptors (Lipinski definition) is 1. The third-order valence-corrected chi connectivity index (χ3v) is 3.65. The Balaban J connectivity index is 2.20. The molecule has 1 aromatic rings. The Morgan fingerprint density at radius 2 is 2.12 bits per heavy atom. The van der Waals surface area contributed by atoms with Crippen molar-refractivity contribution in [1.29, 1.82) is 0 Å². The second-order valence-electron chi connectivity index (χ2n) is 4.10. The summed E-state index contributed by atoms with van der Waals surface area (Å²) in [6, 6.07) is 3.81. The van der Waals surface area contributed by atoms with E-state index in [2.05, 4.69) is 0 Å². The Kier molecular flexibility index (Phi) is 3.45. The molecule has 0 bridgehead atoms. The molecule has 1 aliphatic heterocycles. The molecule has 1 aromatic carbocycles. The molecular formula is C12H13ClF2O. The van der Waals surface area contributed by atoms with Crippen molar-refractivity contribution in [2.45, 2.75) is 24.8 Å². The fraction of sp³-hybridized carbons (Fsp3) is 0.500. The third-order valence-electron chi connectivity index (χ3n) is 3.07. The molecule has 3 unspecified atom stereocenters. The summed E-state index contributed by atoms with van der Waals surface area (Å²) in [6.07, 6.45) is 0.921. The molecule has 0 spiro atoms. The summed E-state index contributed by atoms with van der Waals surface area (Å²) < 4.78 is 31.2. The van der Waals surface area contributed by atoms with Crippen molar-refractivity contribution in [2.75, 3.05) is 6.61 Å². The van der Waals surface area contributed by atoms with Crippen molar-refractivity contribution in [3.63, 3.8) is 0 Å². The molecule has 1 saturated heterocycles. The highest BCUT2D eigenvalue weighted by molar-refractivity contribution is 6.21. The van der Waals surface area contributed by atoms with Gasteiger partial charge in [0.25, 0.3) is 0 Å². The van der Waals surface area contributed by atoms with Gasteiger partial charge in [-0.3, -0.25) is 0 Å². The van der Waals surface area contributed by atoms with Crippen LogP contribution in [0.3, 0.4) is 0 Å². The van der Waals surface area contributed by atoms with Gasteiger partial charge in [0.2, 0.25) is 0 Å². The second-order valence-corrected chi connectivity index (χ2v) is 4.57. The Labute approximate surface area is 98.4 Å². The molecule has 1 nitrogen and oxygen atoms in total. The van der Waals surface area contributed by atoms with Crippen molar-refractivity contribution >= 4 is 11.6 Å².